The second kappa shape index (κ2) is 8.47. The van der Waals surface area contributed by atoms with Crippen LogP contribution in [0.25, 0.3) is 0 Å². The molecule has 1 aromatic carbocycles. The summed E-state index contributed by atoms with van der Waals surface area (Å²) in [6.45, 7) is 4.22. The number of Topliss-reactive ketones (excluding diaryl/α,β-unsaturated/α-hetero) is 1. The Labute approximate surface area is 142 Å². The zero-order chi connectivity index (χ0) is 17.5. The molecule has 130 valence electrons. The Morgan fingerprint density at radius 3 is 2.62 bits per heavy atom. The van der Waals surface area contributed by atoms with Crippen molar-refractivity contribution in [2.75, 3.05) is 13.1 Å². The number of ketones is 1. The van der Waals surface area contributed by atoms with Crippen LogP contribution in [0.4, 0.5) is 4.79 Å². The Balaban J connectivity index is 1.77. The Hall–Kier alpha value is -2.37. The Bertz CT molecular complexity index is 586. The van der Waals surface area contributed by atoms with Crippen molar-refractivity contribution in [3.8, 4) is 0 Å². The number of benzene rings is 1. The van der Waals surface area contributed by atoms with Crippen LogP contribution in [0.2, 0.25) is 0 Å². The highest BCUT2D eigenvalue weighted by Gasteiger charge is 2.34. The van der Waals surface area contributed by atoms with E-state index in [1.54, 1.807) is 4.90 Å². The average molecular weight is 332 g/mol. The molecule has 1 atom stereocenters. The van der Waals surface area contributed by atoms with Gasteiger partial charge in [0.15, 0.2) is 5.78 Å². The molecule has 1 saturated heterocycles. The van der Waals surface area contributed by atoms with Crippen molar-refractivity contribution in [3.05, 3.63) is 35.9 Å². The van der Waals surface area contributed by atoms with Gasteiger partial charge in [-0.15, -0.1) is 0 Å². The second-order valence-corrected chi connectivity index (χ2v) is 6.22. The maximum absolute atomic E-state index is 12.3. The predicted molar refractivity (Wildman–Crippen MR) is 89.2 cm³/mol. The normalized spacial score (nSPS) is 17.0. The molecule has 1 aromatic rings. The van der Waals surface area contributed by atoms with Gasteiger partial charge < -0.3 is 15.0 Å². The lowest BCUT2D eigenvalue weighted by atomic mass is 10.00. The third kappa shape index (κ3) is 4.81. The zero-order valence-electron chi connectivity index (χ0n) is 14.2. The number of carbonyl (C=O) groups excluding carboxylic acids is 3. The van der Waals surface area contributed by atoms with Crippen LogP contribution in [0.3, 0.4) is 0 Å². The first-order valence-electron chi connectivity index (χ1n) is 8.26. The van der Waals surface area contributed by atoms with E-state index in [2.05, 4.69) is 5.32 Å². The van der Waals surface area contributed by atoms with E-state index in [0.29, 0.717) is 13.0 Å². The highest BCUT2D eigenvalue weighted by atomic mass is 16.5. The van der Waals surface area contributed by atoms with E-state index in [0.717, 1.165) is 12.0 Å². The van der Waals surface area contributed by atoms with E-state index in [9.17, 15) is 14.4 Å². The van der Waals surface area contributed by atoms with Crippen LogP contribution in [0.5, 0.6) is 0 Å². The average Bonchev–Trinajstić information content (AvgIpc) is 3.07. The molecule has 1 N–H and O–H groups in total. The summed E-state index contributed by atoms with van der Waals surface area (Å²) in [7, 11) is 0. The van der Waals surface area contributed by atoms with E-state index in [4.69, 9.17) is 4.74 Å². The maximum atomic E-state index is 12.3. The summed E-state index contributed by atoms with van der Waals surface area (Å²) in [5, 5.41) is 2.45. The first kappa shape index (κ1) is 18.0. The molecule has 0 aliphatic carbocycles. The molecule has 24 heavy (non-hydrogen) atoms. The van der Waals surface area contributed by atoms with Gasteiger partial charge in [0, 0.05) is 12.5 Å². The lowest BCUT2D eigenvalue weighted by molar-refractivity contribution is -0.138. The van der Waals surface area contributed by atoms with Crippen LogP contribution in [-0.2, 0) is 20.9 Å². The number of hydrogen-bond acceptors (Lipinski definition) is 4. The zero-order valence-corrected chi connectivity index (χ0v) is 14.2. The van der Waals surface area contributed by atoms with Gasteiger partial charge in [-0.2, -0.15) is 0 Å². The fourth-order valence-corrected chi connectivity index (χ4v) is 2.77. The molecule has 1 heterocycles. The largest absolute Gasteiger partial charge is 0.445 e. The van der Waals surface area contributed by atoms with Crippen LogP contribution in [0.15, 0.2) is 30.3 Å². The Kier molecular flexibility index (Phi) is 6.35. The summed E-state index contributed by atoms with van der Waals surface area (Å²) in [6, 6.07) is 8.95. The van der Waals surface area contributed by atoms with Crippen molar-refractivity contribution < 1.29 is 19.1 Å². The van der Waals surface area contributed by atoms with Gasteiger partial charge in [-0.1, -0.05) is 44.2 Å². The van der Waals surface area contributed by atoms with Gasteiger partial charge in [-0.3, -0.25) is 9.59 Å². The third-order valence-corrected chi connectivity index (χ3v) is 4.07. The van der Waals surface area contributed by atoms with E-state index in [1.165, 1.54) is 0 Å². The molecule has 0 spiro atoms. The number of hydrogen-bond donors (Lipinski definition) is 1. The minimum Gasteiger partial charge on any atom is -0.445 e. The number of alkyl carbamates (subject to hydrolysis) is 1. The van der Waals surface area contributed by atoms with Crippen molar-refractivity contribution in [1.82, 2.24) is 10.2 Å². The molecule has 0 aromatic heterocycles. The standard InChI is InChI=1S/C18H24N2O4/c1-13(2)17(22)15-9-6-10-20(15)16(21)11-19-18(23)24-12-14-7-4-3-5-8-14/h3-5,7-8,13,15H,6,9-12H2,1-2H3,(H,19,23). The van der Waals surface area contributed by atoms with Crippen molar-refractivity contribution >= 4 is 17.8 Å². The first-order chi connectivity index (χ1) is 11.5. The topological polar surface area (TPSA) is 75.7 Å². The summed E-state index contributed by atoms with van der Waals surface area (Å²) in [5.41, 5.74) is 0.876. The number of nitrogens with one attached hydrogen (secondary N) is 1. The van der Waals surface area contributed by atoms with Gasteiger partial charge in [-0.05, 0) is 18.4 Å². The van der Waals surface area contributed by atoms with Crippen LogP contribution < -0.4 is 5.32 Å². The quantitative estimate of drug-likeness (QED) is 0.866. The van der Waals surface area contributed by atoms with Gasteiger partial charge in [0.1, 0.15) is 13.2 Å². The lowest BCUT2D eigenvalue weighted by Gasteiger charge is -2.25. The summed E-state index contributed by atoms with van der Waals surface area (Å²) in [4.78, 5) is 37.7. The van der Waals surface area contributed by atoms with Crippen molar-refractivity contribution in [3.63, 3.8) is 0 Å². The van der Waals surface area contributed by atoms with Crippen LogP contribution in [-0.4, -0.2) is 41.8 Å². The van der Waals surface area contributed by atoms with Crippen LogP contribution >= 0.6 is 0 Å². The smallest absolute Gasteiger partial charge is 0.407 e. The lowest BCUT2D eigenvalue weighted by Crippen LogP contribution is -2.46. The second-order valence-electron chi connectivity index (χ2n) is 6.22. The Morgan fingerprint density at radius 1 is 1.25 bits per heavy atom. The molecule has 0 bridgehead atoms. The van der Waals surface area contributed by atoms with E-state index in [1.807, 2.05) is 44.2 Å². The highest BCUT2D eigenvalue weighted by Crippen LogP contribution is 2.20. The molecule has 1 unspecified atom stereocenters. The van der Waals surface area contributed by atoms with Crippen molar-refractivity contribution in [2.45, 2.75) is 39.3 Å². The van der Waals surface area contributed by atoms with E-state index >= 15 is 0 Å². The molecular weight excluding hydrogens is 308 g/mol. The van der Waals surface area contributed by atoms with Gasteiger partial charge in [-0.25, -0.2) is 4.79 Å². The predicted octanol–water partition coefficient (Wildman–Crippen LogP) is 2.13. The molecule has 2 amide bonds. The summed E-state index contributed by atoms with van der Waals surface area (Å²) in [5.74, 6) is -0.275. The van der Waals surface area contributed by atoms with Crippen molar-refractivity contribution in [1.29, 1.82) is 0 Å². The minimum absolute atomic E-state index is 0.0764. The monoisotopic (exact) mass is 332 g/mol. The number of amides is 2. The molecule has 6 nitrogen and oxygen atoms in total. The van der Waals surface area contributed by atoms with E-state index in [-0.39, 0.29) is 36.8 Å². The SMILES string of the molecule is CC(C)C(=O)C1CCCN1C(=O)CNC(=O)OCc1ccccc1. The molecular formula is C18H24N2O4. The maximum Gasteiger partial charge on any atom is 0.407 e. The number of rotatable bonds is 6. The molecule has 6 heteroatoms. The molecule has 1 fully saturated rings. The number of nitrogens with zero attached hydrogens (tertiary/aromatic N) is 1. The van der Waals surface area contributed by atoms with Crippen LogP contribution in [0, 0.1) is 5.92 Å². The Morgan fingerprint density at radius 2 is 1.96 bits per heavy atom. The molecule has 0 radical (unpaired) electrons. The van der Waals surface area contributed by atoms with Crippen molar-refractivity contribution in [2.24, 2.45) is 5.92 Å². The number of carbonyl (C=O) groups is 3. The van der Waals surface area contributed by atoms with Gasteiger partial charge in [0.25, 0.3) is 0 Å². The molecule has 1 aliphatic rings. The summed E-state index contributed by atoms with van der Waals surface area (Å²) in [6.07, 6.45) is 0.868. The van der Waals surface area contributed by atoms with E-state index < -0.39 is 6.09 Å². The first-order valence-corrected chi connectivity index (χ1v) is 8.26. The molecule has 1 aliphatic heterocycles. The van der Waals surface area contributed by atoms with Crippen LogP contribution in [0.1, 0.15) is 32.3 Å². The fourth-order valence-electron chi connectivity index (χ4n) is 2.77. The van der Waals surface area contributed by atoms with Gasteiger partial charge in [0.05, 0.1) is 6.04 Å². The third-order valence-electron chi connectivity index (χ3n) is 4.07. The summed E-state index contributed by atoms with van der Waals surface area (Å²) < 4.78 is 5.07. The summed E-state index contributed by atoms with van der Waals surface area (Å²) >= 11 is 0. The number of likely N-dealkylation sites (tertiary alicyclic amines) is 1. The number of ether oxygens (including phenoxy) is 1. The van der Waals surface area contributed by atoms with Gasteiger partial charge >= 0.3 is 6.09 Å². The molecule has 0 saturated carbocycles. The van der Waals surface area contributed by atoms with Gasteiger partial charge in [0.2, 0.25) is 5.91 Å². The fraction of sp³-hybridized carbons (Fsp3) is 0.500. The minimum atomic E-state index is -0.641. The molecule has 2 rings (SSSR count). The highest BCUT2D eigenvalue weighted by molar-refractivity contribution is 5.92.